The number of methoxy groups -OCH3 is 1. The molecule has 0 aliphatic carbocycles. The van der Waals surface area contributed by atoms with Crippen LogP contribution in [-0.4, -0.2) is 28.6 Å². The van der Waals surface area contributed by atoms with Crippen molar-refractivity contribution >= 4 is 10.0 Å². The number of benzene rings is 1. The van der Waals surface area contributed by atoms with Crippen molar-refractivity contribution in [2.45, 2.75) is 43.9 Å². The average molecular weight is 314 g/mol. The molecule has 1 aromatic carbocycles. The summed E-state index contributed by atoms with van der Waals surface area (Å²) < 4.78 is 32.5. The maximum atomic E-state index is 12.4. The highest BCUT2D eigenvalue weighted by Crippen LogP contribution is 2.22. The van der Waals surface area contributed by atoms with E-state index in [9.17, 15) is 8.42 Å². The summed E-state index contributed by atoms with van der Waals surface area (Å²) in [6.07, 6.45) is 4.66. The highest BCUT2D eigenvalue weighted by Gasteiger charge is 2.18. The molecule has 0 amide bonds. The molecule has 120 valence electrons. The third-order valence-electron chi connectivity index (χ3n) is 3.29. The van der Waals surface area contributed by atoms with E-state index >= 15 is 0 Å². The lowest BCUT2D eigenvalue weighted by atomic mass is 10.1. The molecule has 0 aromatic heterocycles. The summed E-state index contributed by atoms with van der Waals surface area (Å²) in [5.74, 6) is 0.639. The van der Waals surface area contributed by atoms with Gasteiger partial charge >= 0.3 is 0 Å². The number of ether oxygens (including phenoxy) is 1. The summed E-state index contributed by atoms with van der Waals surface area (Å²) in [6, 6.07) is 4.97. The molecule has 21 heavy (non-hydrogen) atoms. The molecule has 0 radical (unpaired) electrons. The zero-order valence-corrected chi connectivity index (χ0v) is 13.7. The first-order chi connectivity index (χ1) is 10.0. The lowest BCUT2D eigenvalue weighted by Gasteiger charge is -2.12. The van der Waals surface area contributed by atoms with Gasteiger partial charge in [-0.05, 0) is 43.1 Å². The van der Waals surface area contributed by atoms with Crippen LogP contribution in [-0.2, 0) is 16.4 Å². The van der Waals surface area contributed by atoms with Gasteiger partial charge in [-0.1, -0.05) is 26.2 Å². The zero-order chi connectivity index (χ0) is 15.7. The minimum absolute atomic E-state index is 0.296. The Balaban J connectivity index is 2.81. The number of nitrogens with one attached hydrogen (secondary N) is 1. The van der Waals surface area contributed by atoms with Crippen molar-refractivity contribution in [1.29, 1.82) is 0 Å². The Hall–Kier alpha value is -1.11. The normalized spacial score (nSPS) is 11.6. The predicted molar refractivity (Wildman–Crippen MR) is 85.1 cm³/mol. The van der Waals surface area contributed by atoms with E-state index in [4.69, 9.17) is 10.5 Å². The van der Waals surface area contributed by atoms with E-state index in [1.165, 1.54) is 0 Å². The maximum absolute atomic E-state index is 12.4. The molecule has 1 rings (SSSR count). The van der Waals surface area contributed by atoms with Gasteiger partial charge in [0.05, 0.1) is 12.0 Å². The lowest BCUT2D eigenvalue weighted by Crippen LogP contribution is -2.26. The summed E-state index contributed by atoms with van der Waals surface area (Å²) in [6.45, 7) is 2.99. The molecule has 0 atom stereocenters. The molecule has 0 unspecified atom stereocenters. The third-order valence-corrected chi connectivity index (χ3v) is 4.85. The molecular weight excluding hydrogens is 288 g/mol. The Morgan fingerprint density at radius 2 is 2.00 bits per heavy atom. The fraction of sp³-hybridized carbons (Fsp3) is 0.600. The summed E-state index contributed by atoms with van der Waals surface area (Å²) in [4.78, 5) is 0.296. The Labute approximate surface area is 127 Å². The van der Waals surface area contributed by atoms with Crippen molar-refractivity contribution in [2.24, 2.45) is 5.73 Å². The number of hydrogen-bond donors (Lipinski definition) is 2. The summed E-state index contributed by atoms with van der Waals surface area (Å²) in [7, 11) is -1.93. The van der Waals surface area contributed by atoms with Crippen LogP contribution in [0, 0.1) is 0 Å². The van der Waals surface area contributed by atoms with Crippen LogP contribution < -0.4 is 15.2 Å². The Morgan fingerprint density at radius 3 is 2.62 bits per heavy atom. The molecule has 5 nitrogen and oxygen atoms in total. The topological polar surface area (TPSA) is 81.4 Å². The van der Waals surface area contributed by atoms with Crippen molar-refractivity contribution in [1.82, 2.24) is 4.72 Å². The Bertz CT molecular complexity index is 530. The second-order valence-electron chi connectivity index (χ2n) is 4.97. The molecule has 3 N–H and O–H groups in total. The van der Waals surface area contributed by atoms with Crippen LogP contribution in [0.1, 0.15) is 38.2 Å². The zero-order valence-electron chi connectivity index (χ0n) is 12.9. The predicted octanol–water partition coefficient (Wildman–Crippen LogP) is 2.06. The second kappa shape index (κ2) is 9.02. The molecule has 0 aliphatic rings. The molecule has 6 heteroatoms. The summed E-state index contributed by atoms with van der Waals surface area (Å²) in [5.41, 5.74) is 6.26. The third kappa shape index (κ3) is 5.65. The minimum atomic E-state index is -3.49. The Kier molecular flexibility index (Phi) is 7.71. The second-order valence-corrected chi connectivity index (χ2v) is 6.71. The van der Waals surface area contributed by atoms with Gasteiger partial charge in [-0.15, -0.1) is 0 Å². The fourth-order valence-corrected chi connectivity index (χ4v) is 3.45. The number of sulfonamides is 1. The SMILES string of the molecule is CCCCCCNS(=O)(=O)c1ccc(OC)cc1CCN. The highest BCUT2D eigenvalue weighted by atomic mass is 32.2. The number of nitrogens with two attached hydrogens (primary N) is 1. The van der Waals surface area contributed by atoms with Gasteiger partial charge in [0.2, 0.25) is 10.0 Å². The largest absolute Gasteiger partial charge is 0.497 e. The van der Waals surface area contributed by atoms with Crippen LogP contribution >= 0.6 is 0 Å². The molecule has 0 fully saturated rings. The summed E-state index contributed by atoms with van der Waals surface area (Å²) in [5, 5.41) is 0. The number of unbranched alkanes of at least 4 members (excludes halogenated alkanes) is 3. The van der Waals surface area contributed by atoms with Crippen LogP contribution in [0.2, 0.25) is 0 Å². The first-order valence-corrected chi connectivity index (χ1v) is 8.90. The number of hydrogen-bond acceptors (Lipinski definition) is 4. The van der Waals surface area contributed by atoms with E-state index in [1.54, 1.807) is 25.3 Å². The van der Waals surface area contributed by atoms with Gasteiger partial charge in [0.15, 0.2) is 0 Å². The first-order valence-electron chi connectivity index (χ1n) is 7.41. The van der Waals surface area contributed by atoms with E-state index in [0.717, 1.165) is 25.7 Å². The van der Waals surface area contributed by atoms with Crippen LogP contribution in [0.15, 0.2) is 23.1 Å². The van der Waals surface area contributed by atoms with Crippen molar-refractivity contribution in [3.63, 3.8) is 0 Å². The van der Waals surface area contributed by atoms with E-state index in [0.29, 0.717) is 35.7 Å². The monoisotopic (exact) mass is 314 g/mol. The van der Waals surface area contributed by atoms with E-state index in [-0.39, 0.29) is 0 Å². The van der Waals surface area contributed by atoms with E-state index < -0.39 is 10.0 Å². The average Bonchev–Trinajstić information content (AvgIpc) is 2.47. The maximum Gasteiger partial charge on any atom is 0.240 e. The van der Waals surface area contributed by atoms with Gasteiger partial charge in [-0.25, -0.2) is 13.1 Å². The van der Waals surface area contributed by atoms with Crippen molar-refractivity contribution in [3.05, 3.63) is 23.8 Å². The molecule has 1 aromatic rings. The smallest absolute Gasteiger partial charge is 0.240 e. The van der Waals surface area contributed by atoms with Gasteiger partial charge in [0.1, 0.15) is 5.75 Å². The fourth-order valence-electron chi connectivity index (χ4n) is 2.13. The molecule has 0 spiro atoms. The molecule has 0 bridgehead atoms. The van der Waals surface area contributed by atoms with Gasteiger partial charge in [-0.3, -0.25) is 0 Å². The first kappa shape index (κ1) is 17.9. The molecule has 0 heterocycles. The van der Waals surface area contributed by atoms with Gasteiger partial charge in [-0.2, -0.15) is 0 Å². The van der Waals surface area contributed by atoms with Crippen LogP contribution in [0.4, 0.5) is 0 Å². The molecular formula is C15H26N2O3S. The van der Waals surface area contributed by atoms with Crippen molar-refractivity contribution < 1.29 is 13.2 Å². The van der Waals surface area contributed by atoms with E-state index in [2.05, 4.69) is 11.6 Å². The molecule has 0 saturated carbocycles. The number of rotatable bonds is 10. The minimum Gasteiger partial charge on any atom is -0.497 e. The van der Waals surface area contributed by atoms with Crippen LogP contribution in [0.3, 0.4) is 0 Å². The highest BCUT2D eigenvalue weighted by molar-refractivity contribution is 7.89. The quantitative estimate of drug-likeness (QED) is 0.648. The van der Waals surface area contributed by atoms with Crippen LogP contribution in [0.25, 0.3) is 0 Å². The van der Waals surface area contributed by atoms with Crippen LogP contribution in [0.5, 0.6) is 5.75 Å². The standard InChI is InChI=1S/C15H26N2O3S/c1-3-4-5-6-11-17-21(18,19)15-8-7-14(20-2)12-13(15)9-10-16/h7-8,12,17H,3-6,9-11,16H2,1-2H3. The van der Waals surface area contributed by atoms with Gasteiger partial charge < -0.3 is 10.5 Å². The van der Waals surface area contributed by atoms with Crippen molar-refractivity contribution in [3.8, 4) is 5.75 Å². The van der Waals surface area contributed by atoms with Crippen molar-refractivity contribution in [2.75, 3.05) is 20.2 Å². The molecule has 0 saturated heterocycles. The lowest BCUT2D eigenvalue weighted by molar-refractivity contribution is 0.413. The Morgan fingerprint density at radius 1 is 1.24 bits per heavy atom. The summed E-state index contributed by atoms with van der Waals surface area (Å²) >= 11 is 0. The van der Waals surface area contributed by atoms with Gasteiger partial charge in [0, 0.05) is 6.54 Å². The van der Waals surface area contributed by atoms with E-state index in [1.807, 2.05) is 0 Å². The van der Waals surface area contributed by atoms with Gasteiger partial charge in [0.25, 0.3) is 0 Å². The molecule has 0 aliphatic heterocycles.